The summed E-state index contributed by atoms with van der Waals surface area (Å²) < 4.78 is 1.10. The van der Waals surface area contributed by atoms with Gasteiger partial charge in [-0.3, -0.25) is 4.79 Å². The lowest BCUT2D eigenvalue weighted by Gasteiger charge is -2.19. The molecule has 0 atom stereocenters. The summed E-state index contributed by atoms with van der Waals surface area (Å²) in [6.45, 7) is 10.6. The van der Waals surface area contributed by atoms with Crippen LogP contribution in [0.4, 0.5) is 0 Å². The molecule has 2 aromatic rings. The van der Waals surface area contributed by atoms with E-state index in [1.807, 2.05) is 6.92 Å². The molecule has 0 amide bonds. The maximum absolute atomic E-state index is 12.5. The van der Waals surface area contributed by atoms with Crippen LogP contribution in [0.2, 0.25) is 0 Å². The van der Waals surface area contributed by atoms with Gasteiger partial charge in [0.2, 0.25) is 0 Å². The monoisotopic (exact) mass is 260 g/mol. The Labute approximate surface area is 112 Å². The van der Waals surface area contributed by atoms with Crippen molar-refractivity contribution in [2.24, 2.45) is 0 Å². The Morgan fingerprint density at radius 1 is 1.22 bits per heavy atom. The zero-order valence-electron chi connectivity index (χ0n) is 11.8. The molecular weight excluding hydrogens is 240 g/mol. The van der Waals surface area contributed by atoms with Crippen LogP contribution in [0, 0.1) is 6.92 Å². The van der Waals surface area contributed by atoms with E-state index in [-0.39, 0.29) is 10.8 Å². The average molecular weight is 260 g/mol. The predicted octanol–water partition coefficient (Wildman–Crippen LogP) is 4.43. The van der Waals surface area contributed by atoms with Gasteiger partial charge in [-0.15, -0.1) is 11.3 Å². The topological polar surface area (TPSA) is 17.1 Å². The van der Waals surface area contributed by atoms with Gasteiger partial charge in [-0.25, -0.2) is 0 Å². The first-order valence-corrected chi connectivity index (χ1v) is 7.23. The Morgan fingerprint density at radius 2 is 1.89 bits per heavy atom. The van der Waals surface area contributed by atoms with E-state index in [4.69, 9.17) is 0 Å². The summed E-state index contributed by atoms with van der Waals surface area (Å²) >= 11 is 1.73. The van der Waals surface area contributed by atoms with Crippen molar-refractivity contribution in [2.75, 3.05) is 0 Å². The van der Waals surface area contributed by atoms with Gasteiger partial charge in [0.05, 0.1) is 0 Å². The van der Waals surface area contributed by atoms with Crippen LogP contribution < -0.4 is 5.43 Å². The molecule has 0 aliphatic heterocycles. The van der Waals surface area contributed by atoms with Crippen molar-refractivity contribution in [2.45, 2.75) is 46.5 Å². The summed E-state index contributed by atoms with van der Waals surface area (Å²) in [6, 6.07) is 6.31. The summed E-state index contributed by atoms with van der Waals surface area (Å²) in [4.78, 5) is 13.6. The first-order chi connectivity index (χ1) is 8.34. The average Bonchev–Trinajstić information content (AvgIpc) is 2.27. The molecule has 1 heterocycles. The van der Waals surface area contributed by atoms with Gasteiger partial charge >= 0.3 is 0 Å². The van der Waals surface area contributed by atoms with Gasteiger partial charge in [0.15, 0.2) is 5.43 Å². The molecule has 0 aliphatic rings. The standard InChI is InChI=1S/C16H20OS/c1-6-12-10(2)18-14-8-7-11(16(3,4)5)9-13(14)15(12)17/h7-9H,6H2,1-5H3. The van der Waals surface area contributed by atoms with Crippen molar-refractivity contribution >= 4 is 21.4 Å². The van der Waals surface area contributed by atoms with Crippen molar-refractivity contribution < 1.29 is 0 Å². The predicted molar refractivity (Wildman–Crippen MR) is 80.9 cm³/mol. The summed E-state index contributed by atoms with van der Waals surface area (Å²) in [7, 11) is 0. The van der Waals surface area contributed by atoms with E-state index in [1.165, 1.54) is 5.56 Å². The third kappa shape index (κ3) is 2.22. The largest absolute Gasteiger partial charge is 0.289 e. The highest BCUT2D eigenvalue weighted by Crippen LogP contribution is 2.28. The van der Waals surface area contributed by atoms with Crippen LogP contribution in [0.3, 0.4) is 0 Å². The molecule has 0 saturated heterocycles. The minimum absolute atomic E-state index is 0.0859. The molecule has 0 unspecified atom stereocenters. The minimum atomic E-state index is 0.0859. The Kier molecular flexibility index (Phi) is 3.33. The first kappa shape index (κ1) is 13.3. The summed E-state index contributed by atoms with van der Waals surface area (Å²) in [5, 5.41) is 0.884. The van der Waals surface area contributed by atoms with Crippen LogP contribution in [-0.4, -0.2) is 0 Å². The minimum Gasteiger partial charge on any atom is -0.289 e. The zero-order valence-corrected chi connectivity index (χ0v) is 12.6. The Morgan fingerprint density at radius 3 is 2.44 bits per heavy atom. The summed E-state index contributed by atoms with van der Waals surface area (Å²) in [5.74, 6) is 0. The Balaban J connectivity index is 2.81. The lowest BCUT2D eigenvalue weighted by molar-refractivity contribution is 0.591. The van der Waals surface area contributed by atoms with E-state index in [2.05, 4.69) is 45.9 Å². The van der Waals surface area contributed by atoms with Gasteiger partial charge in [0.1, 0.15) is 0 Å². The number of fused-ring (bicyclic) bond motifs is 1. The van der Waals surface area contributed by atoms with Crippen LogP contribution in [0.25, 0.3) is 10.1 Å². The molecule has 0 saturated carbocycles. The maximum Gasteiger partial charge on any atom is 0.191 e. The molecule has 0 spiro atoms. The molecule has 0 aliphatic carbocycles. The second-order valence-corrected chi connectivity index (χ2v) is 7.04. The SMILES string of the molecule is CCc1c(C)sc2ccc(C(C)(C)C)cc2c1=O. The third-order valence-corrected chi connectivity index (χ3v) is 4.53. The lowest BCUT2D eigenvalue weighted by atomic mass is 9.86. The van der Waals surface area contributed by atoms with Crippen LogP contribution in [-0.2, 0) is 11.8 Å². The van der Waals surface area contributed by atoms with Crippen molar-refractivity contribution in [1.82, 2.24) is 0 Å². The van der Waals surface area contributed by atoms with Gasteiger partial charge in [-0.05, 0) is 36.5 Å². The molecule has 1 aromatic carbocycles. The number of hydrogen-bond acceptors (Lipinski definition) is 2. The Bertz CT molecular complexity index is 644. The van der Waals surface area contributed by atoms with Crippen molar-refractivity contribution in [3.63, 3.8) is 0 Å². The van der Waals surface area contributed by atoms with Gasteiger partial charge in [0.25, 0.3) is 0 Å². The third-order valence-electron chi connectivity index (χ3n) is 3.41. The second-order valence-electron chi connectivity index (χ2n) is 5.78. The lowest BCUT2D eigenvalue weighted by Crippen LogP contribution is -2.14. The van der Waals surface area contributed by atoms with E-state index in [9.17, 15) is 4.79 Å². The van der Waals surface area contributed by atoms with E-state index >= 15 is 0 Å². The highest BCUT2D eigenvalue weighted by Gasteiger charge is 2.16. The van der Waals surface area contributed by atoms with E-state index in [1.54, 1.807) is 11.3 Å². The van der Waals surface area contributed by atoms with E-state index in [0.717, 1.165) is 26.9 Å². The highest BCUT2D eigenvalue weighted by atomic mass is 32.1. The van der Waals surface area contributed by atoms with Crippen LogP contribution in [0.5, 0.6) is 0 Å². The van der Waals surface area contributed by atoms with E-state index in [0.29, 0.717) is 0 Å². The molecular formula is C16H20OS. The second kappa shape index (κ2) is 4.51. The van der Waals surface area contributed by atoms with Crippen molar-refractivity contribution in [3.05, 3.63) is 44.4 Å². The molecule has 0 fully saturated rings. The first-order valence-electron chi connectivity index (χ1n) is 6.41. The van der Waals surface area contributed by atoms with E-state index < -0.39 is 0 Å². The van der Waals surface area contributed by atoms with Crippen LogP contribution in [0.1, 0.15) is 43.7 Å². The summed E-state index contributed by atoms with van der Waals surface area (Å²) in [5.41, 5.74) is 2.50. The maximum atomic E-state index is 12.5. The molecule has 1 nitrogen and oxygen atoms in total. The van der Waals surface area contributed by atoms with Crippen molar-refractivity contribution in [3.8, 4) is 0 Å². The molecule has 18 heavy (non-hydrogen) atoms. The fourth-order valence-electron chi connectivity index (χ4n) is 2.22. The quantitative estimate of drug-likeness (QED) is 0.741. The number of benzene rings is 1. The van der Waals surface area contributed by atoms with Gasteiger partial charge in [-0.2, -0.15) is 0 Å². The van der Waals surface area contributed by atoms with Gasteiger partial charge in [0, 0.05) is 20.5 Å². The molecule has 1 aromatic heterocycles. The molecule has 0 bridgehead atoms. The van der Waals surface area contributed by atoms with Crippen molar-refractivity contribution in [1.29, 1.82) is 0 Å². The molecule has 2 heteroatoms. The van der Waals surface area contributed by atoms with Crippen LogP contribution >= 0.6 is 11.3 Å². The van der Waals surface area contributed by atoms with Crippen LogP contribution in [0.15, 0.2) is 23.0 Å². The smallest absolute Gasteiger partial charge is 0.191 e. The fraction of sp³-hybridized carbons (Fsp3) is 0.438. The number of rotatable bonds is 1. The normalized spacial score (nSPS) is 12.1. The van der Waals surface area contributed by atoms with Gasteiger partial charge < -0.3 is 0 Å². The van der Waals surface area contributed by atoms with Gasteiger partial charge in [-0.1, -0.05) is 33.8 Å². The summed E-state index contributed by atoms with van der Waals surface area (Å²) in [6.07, 6.45) is 0.816. The Hall–Kier alpha value is -1.15. The fourth-order valence-corrected chi connectivity index (χ4v) is 3.31. The zero-order chi connectivity index (χ0) is 13.5. The molecule has 96 valence electrons. The molecule has 2 rings (SSSR count). The number of aryl methyl sites for hydroxylation is 1. The highest BCUT2D eigenvalue weighted by molar-refractivity contribution is 7.18. The number of hydrogen-bond donors (Lipinski definition) is 0. The molecule has 0 N–H and O–H groups in total. The molecule has 0 radical (unpaired) electrons.